The van der Waals surface area contributed by atoms with E-state index < -0.39 is 17.5 Å². The van der Waals surface area contributed by atoms with Crippen molar-refractivity contribution in [2.75, 3.05) is 10.6 Å². The summed E-state index contributed by atoms with van der Waals surface area (Å²) in [4.78, 5) is 10.9. The topological polar surface area (TPSA) is 67.2 Å². The van der Waals surface area contributed by atoms with Crippen molar-refractivity contribution >= 4 is 34.6 Å². The zero-order valence-electron chi connectivity index (χ0n) is 10.7. The summed E-state index contributed by atoms with van der Waals surface area (Å²) < 4.78 is 26.2. The molecule has 0 aliphatic rings. The van der Waals surface area contributed by atoms with Gasteiger partial charge in [0, 0.05) is 17.3 Å². The molecule has 0 bridgehead atoms. The van der Waals surface area contributed by atoms with Crippen LogP contribution in [0.3, 0.4) is 0 Å². The second-order valence-electron chi connectivity index (χ2n) is 4.14. The molecule has 2 aromatic rings. The van der Waals surface area contributed by atoms with Crippen molar-refractivity contribution in [2.24, 2.45) is 5.73 Å². The minimum absolute atomic E-state index is 0.0580. The number of hydrogen-bond donors (Lipinski definition) is 3. The quantitative estimate of drug-likeness (QED) is 0.763. The Balaban J connectivity index is 2.02. The molecule has 0 radical (unpaired) electrons. The molecule has 2 aromatic carbocycles. The fraction of sp³-hybridized carbons (Fsp3) is 0. The van der Waals surface area contributed by atoms with Crippen molar-refractivity contribution in [1.29, 1.82) is 0 Å². The minimum Gasteiger partial charge on any atom is -0.366 e. The molecule has 0 spiro atoms. The van der Waals surface area contributed by atoms with E-state index in [0.29, 0.717) is 11.3 Å². The zero-order chi connectivity index (χ0) is 15.4. The van der Waals surface area contributed by atoms with Crippen molar-refractivity contribution in [2.45, 2.75) is 0 Å². The number of nitrogens with two attached hydrogens (primary N) is 1. The van der Waals surface area contributed by atoms with Crippen LogP contribution in [0.15, 0.2) is 42.5 Å². The SMILES string of the molecule is NC(=O)c1ccc(NC(=S)Nc2ccc(F)cc2F)cc1. The lowest BCUT2D eigenvalue weighted by Gasteiger charge is -2.11. The molecule has 1 amide bonds. The Hall–Kier alpha value is -2.54. The number of primary amides is 1. The summed E-state index contributed by atoms with van der Waals surface area (Å²) in [5, 5.41) is 5.55. The molecule has 0 atom stereocenters. The molecule has 0 aliphatic carbocycles. The highest BCUT2D eigenvalue weighted by molar-refractivity contribution is 7.80. The molecule has 0 fully saturated rings. The highest BCUT2D eigenvalue weighted by Gasteiger charge is 2.06. The number of carbonyl (C=O) groups is 1. The summed E-state index contributed by atoms with van der Waals surface area (Å²) in [5.74, 6) is -1.95. The highest BCUT2D eigenvalue weighted by atomic mass is 32.1. The Morgan fingerprint density at radius 2 is 1.71 bits per heavy atom. The molecular formula is C14H11F2N3OS. The van der Waals surface area contributed by atoms with Crippen molar-refractivity contribution in [1.82, 2.24) is 0 Å². The van der Waals surface area contributed by atoms with Gasteiger partial charge in [0.25, 0.3) is 0 Å². The first-order valence-corrected chi connectivity index (χ1v) is 6.29. The lowest BCUT2D eigenvalue weighted by Crippen LogP contribution is -2.20. The van der Waals surface area contributed by atoms with Crippen LogP contribution in [0.2, 0.25) is 0 Å². The summed E-state index contributed by atoms with van der Waals surface area (Å²) in [7, 11) is 0. The molecule has 4 N–H and O–H groups in total. The second kappa shape index (κ2) is 6.27. The molecule has 0 saturated carbocycles. The molecule has 108 valence electrons. The van der Waals surface area contributed by atoms with Gasteiger partial charge < -0.3 is 16.4 Å². The van der Waals surface area contributed by atoms with Gasteiger partial charge in [0.1, 0.15) is 11.6 Å². The Bertz CT molecular complexity index is 689. The molecule has 0 aromatic heterocycles. The lowest BCUT2D eigenvalue weighted by atomic mass is 10.2. The van der Waals surface area contributed by atoms with E-state index in [9.17, 15) is 13.6 Å². The van der Waals surface area contributed by atoms with Crippen molar-refractivity contribution in [3.63, 3.8) is 0 Å². The molecule has 2 rings (SSSR count). The van der Waals surface area contributed by atoms with E-state index in [2.05, 4.69) is 10.6 Å². The lowest BCUT2D eigenvalue weighted by molar-refractivity contribution is 0.100. The van der Waals surface area contributed by atoms with Crippen molar-refractivity contribution in [3.8, 4) is 0 Å². The third-order valence-electron chi connectivity index (χ3n) is 2.61. The monoisotopic (exact) mass is 307 g/mol. The minimum atomic E-state index is -0.747. The number of halogens is 2. The summed E-state index contributed by atoms with van der Waals surface area (Å²) in [6, 6.07) is 9.40. The first kappa shape index (κ1) is 14.9. The average molecular weight is 307 g/mol. The highest BCUT2D eigenvalue weighted by Crippen LogP contribution is 2.16. The normalized spacial score (nSPS) is 10.0. The summed E-state index contributed by atoms with van der Waals surface area (Å²) in [5.41, 5.74) is 6.15. The van der Waals surface area contributed by atoms with Gasteiger partial charge in [0.15, 0.2) is 5.11 Å². The predicted molar refractivity (Wildman–Crippen MR) is 81.2 cm³/mol. The van der Waals surface area contributed by atoms with E-state index in [1.807, 2.05) is 0 Å². The van der Waals surface area contributed by atoms with Gasteiger partial charge in [0.05, 0.1) is 5.69 Å². The number of hydrogen-bond acceptors (Lipinski definition) is 2. The number of rotatable bonds is 3. The standard InChI is InChI=1S/C14H11F2N3OS/c15-9-3-6-12(11(16)7-9)19-14(21)18-10-4-1-8(2-5-10)13(17)20/h1-7H,(H2,17,20)(H2,18,19,21). The number of benzene rings is 2. The number of thiocarbonyl (C=S) groups is 1. The third kappa shape index (κ3) is 3.96. The summed E-state index contributed by atoms with van der Waals surface area (Å²) >= 11 is 5.02. The van der Waals surface area contributed by atoms with E-state index in [4.69, 9.17) is 18.0 Å². The van der Waals surface area contributed by atoms with Crippen molar-refractivity contribution in [3.05, 3.63) is 59.7 Å². The van der Waals surface area contributed by atoms with Crippen LogP contribution in [-0.2, 0) is 0 Å². The van der Waals surface area contributed by atoms with Crippen LogP contribution < -0.4 is 16.4 Å². The molecular weight excluding hydrogens is 296 g/mol. The second-order valence-corrected chi connectivity index (χ2v) is 4.55. The molecule has 21 heavy (non-hydrogen) atoms. The first-order chi connectivity index (χ1) is 9.95. The summed E-state index contributed by atoms with van der Waals surface area (Å²) in [6.07, 6.45) is 0. The van der Waals surface area contributed by atoms with Gasteiger partial charge in [-0.2, -0.15) is 0 Å². The van der Waals surface area contributed by atoms with Gasteiger partial charge >= 0.3 is 0 Å². The van der Waals surface area contributed by atoms with Gasteiger partial charge in [-0.05, 0) is 48.6 Å². The smallest absolute Gasteiger partial charge is 0.248 e. The number of anilines is 2. The predicted octanol–water partition coefficient (Wildman–Crippen LogP) is 2.87. The van der Waals surface area contributed by atoms with E-state index >= 15 is 0 Å². The molecule has 0 unspecified atom stereocenters. The maximum absolute atomic E-state index is 13.5. The Morgan fingerprint density at radius 1 is 1.05 bits per heavy atom. The average Bonchev–Trinajstić information content (AvgIpc) is 2.42. The third-order valence-corrected chi connectivity index (χ3v) is 2.81. The molecule has 0 heterocycles. The van der Waals surface area contributed by atoms with Gasteiger partial charge in [-0.15, -0.1) is 0 Å². The fourth-order valence-electron chi connectivity index (χ4n) is 1.59. The molecule has 7 heteroatoms. The van der Waals surface area contributed by atoms with Gasteiger partial charge in [0.2, 0.25) is 5.91 Å². The number of nitrogens with one attached hydrogen (secondary N) is 2. The maximum atomic E-state index is 13.5. The largest absolute Gasteiger partial charge is 0.366 e. The van der Waals surface area contributed by atoms with Crippen LogP contribution in [0.5, 0.6) is 0 Å². The van der Waals surface area contributed by atoms with E-state index in [-0.39, 0.29) is 10.8 Å². The van der Waals surface area contributed by atoms with Gasteiger partial charge in [-0.1, -0.05) is 0 Å². The van der Waals surface area contributed by atoms with E-state index in [0.717, 1.165) is 12.1 Å². The van der Waals surface area contributed by atoms with Crippen LogP contribution in [0.1, 0.15) is 10.4 Å². The Labute approximate surface area is 125 Å². The summed E-state index contributed by atoms with van der Waals surface area (Å²) in [6.45, 7) is 0. The van der Waals surface area contributed by atoms with E-state index in [1.54, 1.807) is 12.1 Å². The van der Waals surface area contributed by atoms with Crippen LogP contribution in [0.4, 0.5) is 20.2 Å². The number of amides is 1. The van der Waals surface area contributed by atoms with Crippen LogP contribution in [-0.4, -0.2) is 11.0 Å². The fourth-order valence-corrected chi connectivity index (χ4v) is 1.82. The molecule has 0 aliphatic heterocycles. The Morgan fingerprint density at radius 3 is 2.29 bits per heavy atom. The van der Waals surface area contributed by atoms with Gasteiger partial charge in [-0.3, -0.25) is 4.79 Å². The Kier molecular flexibility index (Phi) is 4.44. The van der Waals surface area contributed by atoms with Crippen LogP contribution >= 0.6 is 12.2 Å². The molecule has 0 saturated heterocycles. The van der Waals surface area contributed by atoms with Crippen LogP contribution in [0, 0.1) is 11.6 Å². The van der Waals surface area contributed by atoms with Crippen molar-refractivity contribution < 1.29 is 13.6 Å². The van der Waals surface area contributed by atoms with E-state index in [1.165, 1.54) is 18.2 Å². The zero-order valence-corrected chi connectivity index (χ0v) is 11.5. The number of carbonyl (C=O) groups excluding carboxylic acids is 1. The van der Waals surface area contributed by atoms with Gasteiger partial charge in [-0.25, -0.2) is 8.78 Å². The van der Waals surface area contributed by atoms with Crippen LogP contribution in [0.25, 0.3) is 0 Å². The maximum Gasteiger partial charge on any atom is 0.248 e. The molecule has 4 nitrogen and oxygen atoms in total. The first-order valence-electron chi connectivity index (χ1n) is 5.88.